The molecule has 0 saturated carbocycles. The number of ether oxygens (including phenoxy) is 2. The van der Waals surface area contributed by atoms with Crippen molar-refractivity contribution in [3.8, 4) is 0 Å². The van der Waals surface area contributed by atoms with Crippen molar-refractivity contribution in [1.82, 2.24) is 0 Å². The third-order valence-corrected chi connectivity index (χ3v) is 4.14. The molecule has 0 radical (unpaired) electrons. The van der Waals surface area contributed by atoms with Gasteiger partial charge in [-0.15, -0.1) is 10.1 Å². The Morgan fingerprint density at radius 3 is 2.24 bits per heavy atom. The molecule has 3 N–H and O–H groups in total. The maximum absolute atomic E-state index is 12.5. The lowest BCUT2D eigenvalue weighted by Crippen LogP contribution is -2.60. The van der Waals surface area contributed by atoms with E-state index >= 15 is 0 Å². The van der Waals surface area contributed by atoms with E-state index in [4.69, 9.17) is 10.5 Å². The van der Waals surface area contributed by atoms with Crippen LogP contribution in [0.3, 0.4) is 0 Å². The van der Waals surface area contributed by atoms with Crippen molar-refractivity contribution in [3.05, 3.63) is 45.5 Å². The van der Waals surface area contributed by atoms with Crippen molar-refractivity contribution in [1.29, 1.82) is 0 Å². The third kappa shape index (κ3) is 6.71. The minimum Gasteiger partial charge on any atom is -0.481 e. The first-order chi connectivity index (χ1) is 13.5. The molecule has 11 nitrogen and oxygen atoms in total. The highest BCUT2D eigenvalue weighted by molar-refractivity contribution is 5.94. The van der Waals surface area contributed by atoms with Crippen LogP contribution in [-0.2, 0) is 30.5 Å². The van der Waals surface area contributed by atoms with Gasteiger partial charge in [0.25, 0.3) is 10.8 Å². The van der Waals surface area contributed by atoms with E-state index in [1.54, 1.807) is 0 Å². The lowest BCUT2D eigenvalue weighted by atomic mass is 9.88. The largest absolute Gasteiger partial charge is 0.481 e. The normalized spacial score (nSPS) is 13.8. The molecule has 0 spiro atoms. The summed E-state index contributed by atoms with van der Waals surface area (Å²) in [4.78, 5) is 50.9. The summed E-state index contributed by atoms with van der Waals surface area (Å²) in [6.45, 7) is 3.42. The summed E-state index contributed by atoms with van der Waals surface area (Å²) in [5.41, 5.74) is 3.78. The highest BCUT2D eigenvalue weighted by atomic mass is 16.9. The maximum atomic E-state index is 12.5. The number of hydrogen-bond acceptors (Lipinski definition) is 9. The lowest BCUT2D eigenvalue weighted by Gasteiger charge is -2.32. The predicted octanol–water partition coefficient (Wildman–Crippen LogP) is 1.52. The Hall–Kier alpha value is -3.21. The van der Waals surface area contributed by atoms with Gasteiger partial charge >= 0.3 is 17.9 Å². The second-order valence-corrected chi connectivity index (χ2v) is 6.73. The quantitative estimate of drug-likeness (QED) is 0.235. The van der Waals surface area contributed by atoms with Crippen molar-refractivity contribution in [3.63, 3.8) is 0 Å². The number of nitrogens with zero attached hydrogens (tertiary/aromatic N) is 1. The number of esters is 2. The van der Waals surface area contributed by atoms with Crippen LogP contribution in [0.5, 0.6) is 0 Å². The SMILES string of the molecule is COC(=O)[C@@](N)(OC(=O)c1ccc(CO[N+](=O)[O-])cc1)C(CCC(C)C)C(=O)O. The molecule has 0 amide bonds. The summed E-state index contributed by atoms with van der Waals surface area (Å²) < 4.78 is 9.69. The Morgan fingerprint density at radius 2 is 1.79 bits per heavy atom. The minimum atomic E-state index is -2.53. The number of benzene rings is 1. The summed E-state index contributed by atoms with van der Waals surface area (Å²) in [6, 6.07) is 5.32. The van der Waals surface area contributed by atoms with Gasteiger partial charge in [-0.05, 0) is 36.5 Å². The molecule has 1 rings (SSSR count). The van der Waals surface area contributed by atoms with Gasteiger partial charge in [0, 0.05) is 0 Å². The lowest BCUT2D eigenvalue weighted by molar-refractivity contribution is -0.763. The standard InChI is InChI=1S/C18H24N2O9/c1-11(2)4-9-14(15(21)22)18(19,17(24)27-3)29-16(23)13-7-5-12(6-8-13)10-28-20(25)26/h5-8,11,14H,4,9-10,19H2,1-3H3,(H,21,22)/t14?,18-/m0/s1. The zero-order chi connectivity index (χ0) is 22.2. The van der Waals surface area contributed by atoms with Crippen LogP contribution in [0, 0.1) is 22.0 Å². The average molecular weight is 412 g/mol. The van der Waals surface area contributed by atoms with Gasteiger partial charge in [0.1, 0.15) is 12.5 Å². The first kappa shape index (κ1) is 23.8. The highest BCUT2D eigenvalue weighted by Gasteiger charge is 2.51. The van der Waals surface area contributed by atoms with Crippen molar-refractivity contribution < 1.29 is 38.9 Å². The van der Waals surface area contributed by atoms with Crippen molar-refractivity contribution in [2.75, 3.05) is 7.11 Å². The minimum absolute atomic E-state index is 0.0109. The zero-order valence-corrected chi connectivity index (χ0v) is 16.3. The predicted molar refractivity (Wildman–Crippen MR) is 97.8 cm³/mol. The van der Waals surface area contributed by atoms with Gasteiger partial charge in [-0.1, -0.05) is 26.0 Å². The molecule has 0 aliphatic rings. The van der Waals surface area contributed by atoms with Crippen molar-refractivity contribution in [2.24, 2.45) is 17.6 Å². The molecule has 0 fully saturated rings. The van der Waals surface area contributed by atoms with Crippen LogP contribution < -0.4 is 5.73 Å². The fourth-order valence-corrected chi connectivity index (χ4v) is 2.51. The summed E-state index contributed by atoms with van der Waals surface area (Å²) >= 11 is 0. The van der Waals surface area contributed by atoms with E-state index in [1.165, 1.54) is 24.3 Å². The molecule has 2 atom stereocenters. The van der Waals surface area contributed by atoms with Gasteiger partial charge in [-0.2, -0.15) is 0 Å². The molecule has 1 aromatic carbocycles. The Balaban J connectivity index is 3.06. The van der Waals surface area contributed by atoms with E-state index in [-0.39, 0.29) is 24.5 Å². The van der Waals surface area contributed by atoms with Gasteiger partial charge in [0.2, 0.25) is 0 Å². The Bertz CT molecular complexity index is 748. The Kier molecular flexibility index (Phi) is 8.52. The summed E-state index contributed by atoms with van der Waals surface area (Å²) in [7, 11) is 1.00. The second kappa shape index (κ2) is 10.4. The van der Waals surface area contributed by atoms with E-state index in [2.05, 4.69) is 9.57 Å². The van der Waals surface area contributed by atoms with Crippen LogP contribution in [0.2, 0.25) is 0 Å². The Labute approximate surface area is 166 Å². The van der Waals surface area contributed by atoms with Crippen LogP contribution in [0.15, 0.2) is 24.3 Å². The fourth-order valence-electron chi connectivity index (χ4n) is 2.51. The maximum Gasteiger partial charge on any atom is 0.366 e. The van der Waals surface area contributed by atoms with Crippen LogP contribution >= 0.6 is 0 Å². The molecule has 11 heteroatoms. The molecule has 1 unspecified atom stereocenters. The van der Waals surface area contributed by atoms with E-state index in [0.29, 0.717) is 12.0 Å². The van der Waals surface area contributed by atoms with Crippen LogP contribution in [-0.4, -0.2) is 40.9 Å². The number of carbonyl (C=O) groups excluding carboxylic acids is 2. The smallest absolute Gasteiger partial charge is 0.366 e. The fraction of sp³-hybridized carbons (Fsp3) is 0.500. The number of hydrogen-bond donors (Lipinski definition) is 2. The van der Waals surface area contributed by atoms with E-state index in [1.807, 2.05) is 13.8 Å². The number of methoxy groups -OCH3 is 1. The highest BCUT2D eigenvalue weighted by Crippen LogP contribution is 2.27. The number of rotatable bonds is 11. The number of carbonyl (C=O) groups is 3. The number of carboxylic acids is 1. The number of carboxylic acid groups (broad SMARTS) is 1. The van der Waals surface area contributed by atoms with Crippen LogP contribution in [0.4, 0.5) is 0 Å². The molecule has 0 saturated heterocycles. The summed E-state index contributed by atoms with van der Waals surface area (Å²) in [6.07, 6.45) is 0.415. The van der Waals surface area contributed by atoms with Crippen molar-refractivity contribution >= 4 is 17.9 Å². The molecule has 0 aliphatic carbocycles. The first-order valence-corrected chi connectivity index (χ1v) is 8.71. The van der Waals surface area contributed by atoms with Crippen LogP contribution in [0.1, 0.15) is 42.6 Å². The van der Waals surface area contributed by atoms with Crippen LogP contribution in [0.25, 0.3) is 0 Å². The first-order valence-electron chi connectivity index (χ1n) is 8.71. The topological polar surface area (TPSA) is 168 Å². The summed E-state index contributed by atoms with van der Waals surface area (Å²) in [5.74, 6) is -5.04. The van der Waals surface area contributed by atoms with Crippen molar-refractivity contribution in [2.45, 2.75) is 39.0 Å². The molecule has 29 heavy (non-hydrogen) atoms. The van der Waals surface area contributed by atoms with E-state index in [0.717, 1.165) is 7.11 Å². The molecule has 1 aromatic rings. The number of nitrogens with two attached hydrogens (primary N) is 1. The van der Waals surface area contributed by atoms with Gasteiger partial charge in [0.15, 0.2) is 0 Å². The van der Waals surface area contributed by atoms with Gasteiger partial charge in [-0.25, -0.2) is 9.59 Å². The molecule has 160 valence electrons. The molecule has 0 aliphatic heterocycles. The van der Waals surface area contributed by atoms with E-state index < -0.39 is 34.6 Å². The number of aliphatic carboxylic acids is 1. The molecular formula is C18H24N2O9. The second-order valence-electron chi connectivity index (χ2n) is 6.73. The van der Waals surface area contributed by atoms with E-state index in [9.17, 15) is 29.6 Å². The monoisotopic (exact) mass is 412 g/mol. The third-order valence-electron chi connectivity index (χ3n) is 4.14. The zero-order valence-electron chi connectivity index (χ0n) is 16.3. The van der Waals surface area contributed by atoms with Gasteiger partial charge < -0.3 is 19.4 Å². The van der Waals surface area contributed by atoms with Gasteiger partial charge in [-0.3, -0.25) is 10.5 Å². The van der Waals surface area contributed by atoms with Gasteiger partial charge in [0.05, 0.1) is 12.7 Å². The molecule has 0 aromatic heterocycles. The molecule has 0 heterocycles. The molecular weight excluding hydrogens is 388 g/mol. The molecule has 0 bridgehead atoms. The summed E-state index contributed by atoms with van der Waals surface area (Å²) in [5, 5.41) is 18.8. The Morgan fingerprint density at radius 1 is 1.21 bits per heavy atom. The average Bonchev–Trinajstić information content (AvgIpc) is 2.65.